The fourth-order valence-electron chi connectivity index (χ4n) is 7.06. The number of carbonyl (C=O) groups is 2. The lowest BCUT2D eigenvalue weighted by atomic mass is 9.76. The maximum absolute atomic E-state index is 14.7. The number of hydrogen-bond donors (Lipinski definition) is 1. The first-order chi connectivity index (χ1) is 23.9. The molecule has 0 saturated heterocycles. The van der Waals surface area contributed by atoms with Crippen molar-refractivity contribution in [3.05, 3.63) is 143 Å². The minimum atomic E-state index is -1.34. The van der Waals surface area contributed by atoms with Crippen molar-refractivity contribution in [2.75, 3.05) is 28.2 Å². The molecule has 1 spiro atoms. The first-order valence-electron chi connectivity index (χ1n) is 17.2. The standard InChI is InChI=1S/C42H41N3O4/c1-4-6-7-12-27-44(5-2)31-15-13-16-32(28-31)45(41(47)43-30-25-23-29(3)24-26-30)36-20-14-22-38-39(36)42(35-19-10-11-21-37(35)48-38)34-18-9-8-17-33(34)40(46)49-42/h8-11,13-26,28H,4-7,12,27H2,1-3H3,(H,43,47). The number of para-hydroxylation sites is 1. The number of aryl methyl sites for hydroxylation is 1. The smallest absolute Gasteiger partial charge is 0.340 e. The Morgan fingerprint density at radius 1 is 0.755 bits per heavy atom. The molecule has 2 heterocycles. The van der Waals surface area contributed by atoms with E-state index in [9.17, 15) is 9.59 Å². The fraction of sp³-hybridized carbons (Fsp3) is 0.238. The zero-order chi connectivity index (χ0) is 34.0. The van der Waals surface area contributed by atoms with E-state index in [2.05, 4.69) is 36.2 Å². The molecule has 248 valence electrons. The Morgan fingerprint density at radius 3 is 2.27 bits per heavy atom. The molecule has 2 amide bonds. The van der Waals surface area contributed by atoms with Crippen LogP contribution in [0.25, 0.3) is 0 Å². The highest BCUT2D eigenvalue weighted by molar-refractivity contribution is 6.09. The number of urea groups is 1. The second kappa shape index (κ2) is 13.5. The molecule has 7 rings (SSSR count). The number of rotatable bonds is 10. The maximum Gasteiger partial charge on any atom is 0.340 e. The average Bonchev–Trinajstić information content (AvgIpc) is 3.41. The summed E-state index contributed by atoms with van der Waals surface area (Å²) in [4.78, 5) is 32.4. The van der Waals surface area contributed by atoms with Crippen LogP contribution in [0, 0.1) is 6.92 Å². The third-order valence-electron chi connectivity index (χ3n) is 9.48. The van der Waals surface area contributed by atoms with Crippen LogP contribution in [0.2, 0.25) is 0 Å². The Labute approximate surface area is 288 Å². The number of carbonyl (C=O) groups excluding carboxylic acids is 2. The molecule has 7 nitrogen and oxygen atoms in total. The van der Waals surface area contributed by atoms with Gasteiger partial charge in [-0.3, -0.25) is 4.90 Å². The number of anilines is 4. The molecule has 49 heavy (non-hydrogen) atoms. The highest BCUT2D eigenvalue weighted by Crippen LogP contribution is 2.59. The average molecular weight is 652 g/mol. The highest BCUT2D eigenvalue weighted by atomic mass is 16.6. The third kappa shape index (κ3) is 5.79. The summed E-state index contributed by atoms with van der Waals surface area (Å²) >= 11 is 0. The van der Waals surface area contributed by atoms with E-state index in [1.54, 1.807) is 11.0 Å². The van der Waals surface area contributed by atoms with Crippen LogP contribution in [0.5, 0.6) is 11.5 Å². The number of nitrogens with one attached hydrogen (secondary N) is 1. The van der Waals surface area contributed by atoms with Crippen molar-refractivity contribution in [2.24, 2.45) is 0 Å². The first kappa shape index (κ1) is 32.0. The molecule has 0 aliphatic carbocycles. The second-order valence-electron chi connectivity index (χ2n) is 12.7. The van der Waals surface area contributed by atoms with E-state index in [-0.39, 0.29) is 6.03 Å². The summed E-state index contributed by atoms with van der Waals surface area (Å²) in [5.41, 5.74) is 5.15. The van der Waals surface area contributed by atoms with Gasteiger partial charge in [0.2, 0.25) is 0 Å². The van der Waals surface area contributed by atoms with E-state index < -0.39 is 11.6 Å². The van der Waals surface area contributed by atoms with Gasteiger partial charge in [-0.2, -0.15) is 0 Å². The number of esters is 1. The van der Waals surface area contributed by atoms with Crippen molar-refractivity contribution in [1.29, 1.82) is 0 Å². The van der Waals surface area contributed by atoms with Gasteiger partial charge < -0.3 is 19.7 Å². The van der Waals surface area contributed by atoms with Crippen LogP contribution in [0.1, 0.15) is 72.1 Å². The van der Waals surface area contributed by atoms with Crippen molar-refractivity contribution in [1.82, 2.24) is 0 Å². The van der Waals surface area contributed by atoms with Crippen molar-refractivity contribution in [2.45, 2.75) is 52.1 Å². The predicted molar refractivity (Wildman–Crippen MR) is 196 cm³/mol. The van der Waals surface area contributed by atoms with Crippen LogP contribution in [0.3, 0.4) is 0 Å². The molecule has 0 aromatic heterocycles. The summed E-state index contributed by atoms with van der Waals surface area (Å²) in [7, 11) is 0. The topological polar surface area (TPSA) is 71.1 Å². The molecule has 0 fully saturated rings. The van der Waals surface area contributed by atoms with Crippen molar-refractivity contribution < 1.29 is 19.1 Å². The van der Waals surface area contributed by atoms with Crippen molar-refractivity contribution >= 4 is 34.7 Å². The summed E-state index contributed by atoms with van der Waals surface area (Å²) in [5, 5.41) is 3.13. The quantitative estimate of drug-likeness (QED) is 0.120. The van der Waals surface area contributed by atoms with Gasteiger partial charge in [0.1, 0.15) is 11.5 Å². The van der Waals surface area contributed by atoms with Gasteiger partial charge in [-0.25, -0.2) is 9.59 Å². The SMILES string of the molecule is CCCCCCN(CC)c1cccc(N(C(=O)Nc2ccc(C)cc2)c2cccc3c2C2(OC(=O)c4ccccc42)c2ccccc2O3)c1. The van der Waals surface area contributed by atoms with Crippen LogP contribution in [0.4, 0.5) is 27.5 Å². The van der Waals surface area contributed by atoms with Gasteiger partial charge in [0, 0.05) is 35.6 Å². The molecule has 5 aromatic rings. The van der Waals surface area contributed by atoms with Crippen molar-refractivity contribution in [3.63, 3.8) is 0 Å². The molecule has 2 aliphatic heterocycles. The Kier molecular flexibility index (Phi) is 8.83. The van der Waals surface area contributed by atoms with Crippen LogP contribution in [0.15, 0.2) is 115 Å². The Bertz CT molecular complexity index is 2010. The molecule has 0 radical (unpaired) electrons. The van der Waals surface area contributed by atoms with E-state index in [1.165, 1.54) is 19.3 Å². The largest absolute Gasteiger partial charge is 0.456 e. The number of nitrogens with zero attached hydrogens (tertiary/aromatic N) is 2. The minimum Gasteiger partial charge on any atom is -0.456 e. The number of ether oxygens (including phenoxy) is 2. The lowest BCUT2D eigenvalue weighted by Gasteiger charge is -2.39. The molecule has 5 aromatic carbocycles. The molecule has 0 saturated carbocycles. The van der Waals surface area contributed by atoms with Gasteiger partial charge in [-0.15, -0.1) is 0 Å². The summed E-state index contributed by atoms with van der Waals surface area (Å²) in [5.74, 6) is 0.680. The molecular formula is C42H41N3O4. The van der Waals surface area contributed by atoms with E-state index >= 15 is 0 Å². The van der Waals surface area contributed by atoms with E-state index in [4.69, 9.17) is 9.47 Å². The third-order valence-corrected chi connectivity index (χ3v) is 9.48. The lowest BCUT2D eigenvalue weighted by molar-refractivity contribution is 0.0226. The zero-order valence-electron chi connectivity index (χ0n) is 28.2. The number of amides is 2. The van der Waals surface area contributed by atoms with E-state index in [0.717, 1.165) is 30.8 Å². The molecule has 7 heteroatoms. The van der Waals surface area contributed by atoms with Gasteiger partial charge in [0.25, 0.3) is 0 Å². The highest BCUT2D eigenvalue weighted by Gasteiger charge is 2.55. The van der Waals surface area contributed by atoms with E-state index in [1.807, 2.05) is 104 Å². The Morgan fingerprint density at radius 2 is 1.47 bits per heavy atom. The van der Waals surface area contributed by atoms with Crippen LogP contribution < -0.4 is 19.9 Å². The van der Waals surface area contributed by atoms with Gasteiger partial charge >= 0.3 is 12.0 Å². The van der Waals surface area contributed by atoms with Gasteiger partial charge in [0.05, 0.1) is 22.5 Å². The first-order valence-corrected chi connectivity index (χ1v) is 17.2. The molecule has 1 unspecified atom stereocenters. The van der Waals surface area contributed by atoms with Gasteiger partial charge in [-0.1, -0.05) is 92.4 Å². The Balaban J connectivity index is 1.42. The Hall–Kier alpha value is -5.56. The normalized spacial score (nSPS) is 15.4. The predicted octanol–water partition coefficient (Wildman–Crippen LogP) is 10.3. The minimum absolute atomic E-state index is 0.355. The molecule has 1 N–H and O–H groups in total. The summed E-state index contributed by atoms with van der Waals surface area (Å²) in [6.07, 6.45) is 4.67. The fourth-order valence-corrected chi connectivity index (χ4v) is 7.06. The van der Waals surface area contributed by atoms with Crippen LogP contribution >= 0.6 is 0 Å². The number of fused-ring (bicyclic) bond motifs is 6. The lowest BCUT2D eigenvalue weighted by Crippen LogP contribution is -2.38. The number of unbranched alkanes of at least 4 members (excludes halogenated alkanes) is 3. The summed E-state index contributed by atoms with van der Waals surface area (Å²) in [6.45, 7) is 8.16. The van der Waals surface area contributed by atoms with Gasteiger partial charge in [0.15, 0.2) is 5.60 Å². The maximum atomic E-state index is 14.7. The second-order valence-corrected chi connectivity index (χ2v) is 12.7. The van der Waals surface area contributed by atoms with E-state index in [0.29, 0.717) is 50.8 Å². The van der Waals surface area contributed by atoms with Crippen molar-refractivity contribution in [3.8, 4) is 11.5 Å². The number of hydrogen-bond acceptors (Lipinski definition) is 5. The molecular weight excluding hydrogens is 610 g/mol. The molecule has 2 aliphatic rings. The summed E-state index contributed by atoms with van der Waals surface area (Å²) < 4.78 is 13.0. The zero-order valence-corrected chi connectivity index (χ0v) is 28.2. The number of benzene rings is 5. The molecule has 1 atom stereocenters. The van der Waals surface area contributed by atoms with Crippen LogP contribution in [-0.2, 0) is 10.3 Å². The van der Waals surface area contributed by atoms with Crippen LogP contribution in [-0.4, -0.2) is 25.1 Å². The van der Waals surface area contributed by atoms with Gasteiger partial charge in [-0.05, 0) is 74.9 Å². The molecule has 0 bridgehead atoms. The monoisotopic (exact) mass is 651 g/mol. The summed E-state index contributed by atoms with van der Waals surface area (Å²) in [6, 6.07) is 36.2.